The van der Waals surface area contributed by atoms with Gasteiger partial charge in [-0.15, -0.1) is 0 Å². The zero-order chi connectivity index (χ0) is 20.0. The average molecular weight is 395 g/mol. The Morgan fingerprint density at radius 2 is 2.14 bits per heavy atom. The molecule has 1 aliphatic heterocycles. The molecule has 0 amide bonds. The number of rotatable bonds is 5. The molecule has 2 atom stereocenters. The van der Waals surface area contributed by atoms with E-state index < -0.39 is 6.23 Å². The second kappa shape index (κ2) is 7.05. The molecule has 0 bridgehead atoms. The van der Waals surface area contributed by atoms with E-state index in [1.54, 1.807) is 6.20 Å². The molecule has 1 saturated heterocycles. The molecular formula is C21H25N5O3. The number of furan rings is 1. The molecule has 2 fully saturated rings. The number of hydrogen-bond acceptors (Lipinski definition) is 8. The summed E-state index contributed by atoms with van der Waals surface area (Å²) >= 11 is 0. The van der Waals surface area contributed by atoms with Gasteiger partial charge < -0.3 is 19.6 Å². The van der Waals surface area contributed by atoms with Crippen molar-refractivity contribution in [2.75, 3.05) is 25.0 Å². The van der Waals surface area contributed by atoms with E-state index in [9.17, 15) is 5.11 Å². The molecule has 4 heterocycles. The van der Waals surface area contributed by atoms with Crippen molar-refractivity contribution in [1.29, 1.82) is 0 Å². The van der Waals surface area contributed by atoms with Crippen molar-refractivity contribution in [3.63, 3.8) is 0 Å². The van der Waals surface area contributed by atoms with Gasteiger partial charge in [0.05, 0.1) is 17.7 Å². The van der Waals surface area contributed by atoms with Gasteiger partial charge in [0.1, 0.15) is 30.2 Å². The van der Waals surface area contributed by atoms with Gasteiger partial charge in [0.25, 0.3) is 0 Å². The molecule has 29 heavy (non-hydrogen) atoms. The van der Waals surface area contributed by atoms with Gasteiger partial charge in [-0.2, -0.15) is 0 Å². The molecule has 0 aromatic carbocycles. The lowest BCUT2D eigenvalue weighted by Gasteiger charge is -2.35. The highest BCUT2D eigenvalue weighted by Crippen LogP contribution is 2.42. The van der Waals surface area contributed by atoms with Gasteiger partial charge in [0.2, 0.25) is 5.71 Å². The fourth-order valence-corrected chi connectivity index (χ4v) is 3.89. The highest BCUT2D eigenvalue weighted by molar-refractivity contribution is 5.90. The number of pyridine rings is 1. The number of nitrogens with zero attached hydrogens (tertiary/aromatic N) is 4. The van der Waals surface area contributed by atoms with Gasteiger partial charge in [0.15, 0.2) is 0 Å². The second-order valence-corrected chi connectivity index (χ2v) is 8.14. The van der Waals surface area contributed by atoms with E-state index in [1.165, 1.54) is 6.33 Å². The molecule has 0 spiro atoms. The summed E-state index contributed by atoms with van der Waals surface area (Å²) in [7, 11) is 0. The van der Waals surface area contributed by atoms with Crippen LogP contribution in [0.25, 0.3) is 11.1 Å². The van der Waals surface area contributed by atoms with Crippen molar-refractivity contribution in [2.24, 2.45) is 0 Å². The molecule has 1 aliphatic carbocycles. The summed E-state index contributed by atoms with van der Waals surface area (Å²) in [5, 5.41) is 15.6. The van der Waals surface area contributed by atoms with Crippen LogP contribution in [0.3, 0.4) is 0 Å². The van der Waals surface area contributed by atoms with E-state index in [0.717, 1.165) is 29.7 Å². The first-order valence-corrected chi connectivity index (χ1v) is 10.0. The normalized spacial score (nSPS) is 22.5. The fraction of sp³-hybridized carbons (Fsp3) is 0.476. The summed E-state index contributed by atoms with van der Waals surface area (Å²) in [5.41, 5.74) is 2.13. The maximum absolute atomic E-state index is 11.3. The smallest absolute Gasteiger partial charge is 0.231 e. The zero-order valence-corrected chi connectivity index (χ0v) is 16.6. The molecule has 3 aromatic rings. The Labute approximate surface area is 168 Å². The molecule has 152 valence electrons. The number of aliphatic hydroxyl groups excluding tert-OH is 1. The van der Waals surface area contributed by atoms with Crippen LogP contribution in [0.1, 0.15) is 49.1 Å². The summed E-state index contributed by atoms with van der Waals surface area (Å²) in [4.78, 5) is 15.1. The van der Waals surface area contributed by atoms with E-state index in [0.29, 0.717) is 36.7 Å². The number of aromatic nitrogens is 3. The number of anilines is 1. The van der Waals surface area contributed by atoms with E-state index >= 15 is 0 Å². The molecule has 3 aromatic heterocycles. The lowest BCUT2D eigenvalue weighted by atomic mass is 10.1. The van der Waals surface area contributed by atoms with Crippen LogP contribution in [0.5, 0.6) is 0 Å². The molecule has 2 unspecified atom stereocenters. The molecular weight excluding hydrogens is 370 g/mol. The second-order valence-electron chi connectivity index (χ2n) is 8.14. The molecule has 2 N–H and O–H groups in total. The fourth-order valence-electron chi connectivity index (χ4n) is 3.89. The highest BCUT2D eigenvalue weighted by Gasteiger charge is 2.39. The Kier molecular flexibility index (Phi) is 4.49. The third kappa shape index (κ3) is 3.48. The van der Waals surface area contributed by atoms with Crippen LogP contribution < -0.4 is 5.32 Å². The van der Waals surface area contributed by atoms with Gasteiger partial charge in [-0.3, -0.25) is 9.88 Å². The van der Waals surface area contributed by atoms with E-state index in [2.05, 4.69) is 27.2 Å². The lowest BCUT2D eigenvalue weighted by molar-refractivity contribution is -0.0978. The standard InChI is InChI=1S/C21H25N5O3/c1-13-16(17-18(25-21(2)6-7-21)23-12-24-19(17)29-13)20(27)26-9-10-28-15(11-26)14-5-3-4-8-22-14/h3-5,8,12,15,20,27H,6-7,9-11H2,1-2H3,(H,23,24,25). The van der Waals surface area contributed by atoms with Crippen molar-refractivity contribution in [3.05, 3.63) is 47.7 Å². The largest absolute Gasteiger partial charge is 0.442 e. The van der Waals surface area contributed by atoms with Crippen molar-refractivity contribution in [1.82, 2.24) is 19.9 Å². The Morgan fingerprint density at radius 1 is 1.28 bits per heavy atom. The number of aryl methyl sites for hydroxylation is 1. The maximum atomic E-state index is 11.3. The average Bonchev–Trinajstić information content (AvgIpc) is 3.36. The van der Waals surface area contributed by atoms with Gasteiger partial charge in [-0.05, 0) is 38.8 Å². The molecule has 5 rings (SSSR count). The van der Waals surface area contributed by atoms with Crippen molar-refractivity contribution >= 4 is 16.9 Å². The van der Waals surface area contributed by atoms with Crippen molar-refractivity contribution in [3.8, 4) is 0 Å². The minimum atomic E-state index is -0.843. The molecule has 2 aliphatic rings. The van der Waals surface area contributed by atoms with E-state index in [-0.39, 0.29) is 11.6 Å². The first-order chi connectivity index (χ1) is 14.0. The number of ether oxygens (including phenoxy) is 1. The Morgan fingerprint density at radius 3 is 2.90 bits per heavy atom. The van der Waals surface area contributed by atoms with Crippen molar-refractivity contribution in [2.45, 2.75) is 44.6 Å². The first-order valence-electron chi connectivity index (χ1n) is 10.0. The monoisotopic (exact) mass is 395 g/mol. The summed E-state index contributed by atoms with van der Waals surface area (Å²) in [6.07, 6.45) is 4.43. The summed E-state index contributed by atoms with van der Waals surface area (Å²) in [5.74, 6) is 1.37. The van der Waals surface area contributed by atoms with Crippen LogP contribution in [-0.2, 0) is 4.74 Å². The van der Waals surface area contributed by atoms with Gasteiger partial charge in [-0.1, -0.05) is 6.07 Å². The molecule has 1 saturated carbocycles. The summed E-state index contributed by atoms with van der Waals surface area (Å²) < 4.78 is 11.8. The molecule has 8 nitrogen and oxygen atoms in total. The minimum absolute atomic E-state index is 0.0533. The van der Waals surface area contributed by atoms with Crippen molar-refractivity contribution < 1.29 is 14.3 Å². The van der Waals surface area contributed by atoms with Crippen LogP contribution >= 0.6 is 0 Å². The van der Waals surface area contributed by atoms with Gasteiger partial charge >= 0.3 is 0 Å². The summed E-state index contributed by atoms with van der Waals surface area (Å²) in [6, 6.07) is 5.78. The third-order valence-electron chi connectivity index (χ3n) is 5.85. The zero-order valence-electron chi connectivity index (χ0n) is 16.6. The lowest BCUT2D eigenvalue weighted by Crippen LogP contribution is -2.41. The third-order valence-corrected chi connectivity index (χ3v) is 5.85. The van der Waals surface area contributed by atoms with E-state index in [4.69, 9.17) is 9.15 Å². The number of morpholine rings is 1. The van der Waals surface area contributed by atoms with E-state index in [1.807, 2.05) is 30.0 Å². The quantitative estimate of drug-likeness (QED) is 0.681. The number of hydrogen-bond donors (Lipinski definition) is 2. The van der Waals surface area contributed by atoms with Gasteiger partial charge in [0, 0.05) is 30.4 Å². The van der Waals surface area contributed by atoms with Crippen LogP contribution in [0.15, 0.2) is 35.1 Å². The Balaban J connectivity index is 1.47. The number of fused-ring (bicyclic) bond motifs is 1. The predicted octanol–water partition coefficient (Wildman–Crippen LogP) is 2.96. The Hall–Kier alpha value is -2.55. The van der Waals surface area contributed by atoms with Crippen LogP contribution in [0.4, 0.5) is 5.82 Å². The molecule has 0 radical (unpaired) electrons. The number of aliphatic hydroxyl groups is 1. The number of nitrogens with one attached hydrogen (secondary N) is 1. The van der Waals surface area contributed by atoms with Gasteiger partial charge in [-0.25, -0.2) is 9.97 Å². The minimum Gasteiger partial charge on any atom is -0.442 e. The highest BCUT2D eigenvalue weighted by atomic mass is 16.5. The SMILES string of the molecule is Cc1oc2ncnc(NC3(C)CC3)c2c1C(O)N1CCOC(c2ccccn2)C1. The van der Waals surface area contributed by atoms with Crippen LogP contribution in [0.2, 0.25) is 0 Å². The predicted molar refractivity (Wildman–Crippen MR) is 107 cm³/mol. The first kappa shape index (κ1) is 18.5. The summed E-state index contributed by atoms with van der Waals surface area (Å²) in [6.45, 7) is 5.71. The molecule has 8 heteroatoms. The Bertz CT molecular complexity index is 1020. The maximum Gasteiger partial charge on any atom is 0.231 e. The topological polar surface area (TPSA) is 96.5 Å². The van der Waals surface area contributed by atoms with Crippen LogP contribution in [0, 0.1) is 6.92 Å². The van der Waals surface area contributed by atoms with Crippen LogP contribution in [-0.4, -0.2) is 50.2 Å².